The lowest BCUT2D eigenvalue weighted by molar-refractivity contribution is 0.0955. The molecule has 0 heterocycles. The van der Waals surface area contributed by atoms with E-state index in [2.05, 4.69) is 33.1 Å². The number of rotatable bonds is 9. The lowest BCUT2D eigenvalue weighted by Crippen LogP contribution is -2.39. The van der Waals surface area contributed by atoms with Gasteiger partial charge in [0.25, 0.3) is 5.91 Å². The van der Waals surface area contributed by atoms with Crippen molar-refractivity contribution in [2.24, 2.45) is 4.99 Å². The van der Waals surface area contributed by atoms with Crippen molar-refractivity contribution in [2.45, 2.75) is 11.8 Å². The van der Waals surface area contributed by atoms with Crippen molar-refractivity contribution >= 4 is 59.2 Å². The molecule has 2 rings (SSSR count). The van der Waals surface area contributed by atoms with E-state index in [1.54, 1.807) is 36.0 Å². The number of carbonyl (C=O) groups is 1. The quantitative estimate of drug-likeness (QED) is 0.150. The molecule has 0 unspecified atom stereocenters. The summed E-state index contributed by atoms with van der Waals surface area (Å²) in [7, 11) is 0. The summed E-state index contributed by atoms with van der Waals surface area (Å²) in [6.07, 6.45) is 0. The SMILES string of the molecule is CCNC(=NCCNC(=O)c1ccccc1Cl)NCCSc1ccccc1.I. The number of carbonyl (C=O) groups excluding carboxylic acids is 1. The fourth-order valence-corrected chi connectivity index (χ4v) is 3.29. The molecule has 5 nitrogen and oxygen atoms in total. The molecule has 0 spiro atoms. The zero-order valence-corrected chi connectivity index (χ0v) is 19.7. The Hall–Kier alpha value is -1.45. The first-order chi connectivity index (χ1) is 13.2. The van der Waals surface area contributed by atoms with E-state index in [4.69, 9.17) is 11.6 Å². The standard InChI is InChI=1S/C20H25ClN4OS.HI/c1-2-22-20(25-14-15-27-16-8-4-3-5-9-16)24-13-12-23-19(26)17-10-6-7-11-18(17)21;/h3-11H,2,12-15H2,1H3,(H,23,26)(H2,22,24,25);1H. The molecule has 0 atom stereocenters. The second-order valence-electron chi connectivity index (χ2n) is 5.58. The van der Waals surface area contributed by atoms with Gasteiger partial charge in [-0.25, -0.2) is 0 Å². The summed E-state index contributed by atoms with van der Waals surface area (Å²) in [5.41, 5.74) is 0.478. The van der Waals surface area contributed by atoms with Gasteiger partial charge in [0.05, 0.1) is 17.1 Å². The number of benzene rings is 2. The number of hydrogen-bond acceptors (Lipinski definition) is 3. The van der Waals surface area contributed by atoms with E-state index in [1.165, 1.54) is 4.90 Å². The van der Waals surface area contributed by atoms with E-state index in [1.807, 2.05) is 25.1 Å². The van der Waals surface area contributed by atoms with Crippen LogP contribution in [0.25, 0.3) is 0 Å². The van der Waals surface area contributed by atoms with Crippen molar-refractivity contribution in [3.63, 3.8) is 0 Å². The number of nitrogens with zero attached hydrogens (tertiary/aromatic N) is 1. The molecule has 0 saturated carbocycles. The molecule has 0 aliphatic rings. The molecule has 0 aromatic heterocycles. The molecule has 8 heteroatoms. The van der Waals surface area contributed by atoms with Crippen LogP contribution >= 0.6 is 47.3 Å². The minimum Gasteiger partial charge on any atom is -0.357 e. The maximum absolute atomic E-state index is 12.1. The molecule has 0 aliphatic heterocycles. The first-order valence-corrected chi connectivity index (χ1v) is 10.3. The Morgan fingerprint density at radius 1 is 1.00 bits per heavy atom. The van der Waals surface area contributed by atoms with Crippen LogP contribution in [0, 0.1) is 0 Å². The monoisotopic (exact) mass is 532 g/mol. The van der Waals surface area contributed by atoms with Crippen molar-refractivity contribution in [2.75, 3.05) is 31.9 Å². The lowest BCUT2D eigenvalue weighted by atomic mass is 10.2. The smallest absolute Gasteiger partial charge is 0.252 e. The Balaban J connectivity index is 0.00000392. The maximum atomic E-state index is 12.1. The van der Waals surface area contributed by atoms with E-state index in [0.717, 1.165) is 24.8 Å². The average molecular weight is 533 g/mol. The van der Waals surface area contributed by atoms with Gasteiger partial charge in [0, 0.05) is 30.3 Å². The number of hydrogen-bond donors (Lipinski definition) is 3. The fraction of sp³-hybridized carbons (Fsp3) is 0.300. The van der Waals surface area contributed by atoms with Crippen LogP contribution in [0.2, 0.25) is 5.02 Å². The molecule has 0 saturated heterocycles. The Bertz CT molecular complexity index is 746. The highest BCUT2D eigenvalue weighted by atomic mass is 127. The fourth-order valence-electron chi connectivity index (χ4n) is 2.27. The third-order valence-electron chi connectivity index (χ3n) is 3.54. The first-order valence-electron chi connectivity index (χ1n) is 8.93. The summed E-state index contributed by atoms with van der Waals surface area (Å²) in [6, 6.07) is 17.3. The highest BCUT2D eigenvalue weighted by molar-refractivity contribution is 14.0. The van der Waals surface area contributed by atoms with Gasteiger partial charge in [-0.1, -0.05) is 41.9 Å². The van der Waals surface area contributed by atoms with Crippen LogP contribution in [-0.2, 0) is 0 Å². The van der Waals surface area contributed by atoms with Crippen molar-refractivity contribution in [3.8, 4) is 0 Å². The van der Waals surface area contributed by atoms with Crippen molar-refractivity contribution < 1.29 is 4.79 Å². The largest absolute Gasteiger partial charge is 0.357 e. The molecule has 3 N–H and O–H groups in total. The molecule has 2 aromatic carbocycles. The summed E-state index contributed by atoms with van der Waals surface area (Å²) in [5, 5.41) is 9.79. The van der Waals surface area contributed by atoms with Crippen LogP contribution in [-0.4, -0.2) is 43.8 Å². The molecule has 152 valence electrons. The van der Waals surface area contributed by atoms with Crippen LogP contribution < -0.4 is 16.0 Å². The highest BCUT2D eigenvalue weighted by Gasteiger charge is 2.08. The van der Waals surface area contributed by atoms with Gasteiger partial charge in [-0.15, -0.1) is 35.7 Å². The zero-order chi connectivity index (χ0) is 19.3. The Kier molecular flexibility index (Phi) is 12.8. The van der Waals surface area contributed by atoms with Gasteiger partial charge in [0.15, 0.2) is 5.96 Å². The van der Waals surface area contributed by atoms with Gasteiger partial charge >= 0.3 is 0 Å². The molecule has 0 fully saturated rings. The molecule has 28 heavy (non-hydrogen) atoms. The molecule has 0 bridgehead atoms. The molecule has 0 radical (unpaired) electrons. The van der Waals surface area contributed by atoms with E-state index in [-0.39, 0.29) is 29.9 Å². The minimum atomic E-state index is -0.187. The topological polar surface area (TPSA) is 65.5 Å². The Morgan fingerprint density at radius 3 is 2.43 bits per heavy atom. The van der Waals surface area contributed by atoms with Crippen LogP contribution in [0.1, 0.15) is 17.3 Å². The van der Waals surface area contributed by atoms with Crippen molar-refractivity contribution in [3.05, 3.63) is 65.2 Å². The van der Waals surface area contributed by atoms with Gasteiger partial charge < -0.3 is 16.0 Å². The van der Waals surface area contributed by atoms with Gasteiger partial charge in [-0.3, -0.25) is 9.79 Å². The van der Waals surface area contributed by atoms with E-state index in [9.17, 15) is 4.79 Å². The molecule has 1 amide bonds. The maximum Gasteiger partial charge on any atom is 0.252 e. The van der Waals surface area contributed by atoms with Crippen molar-refractivity contribution in [1.29, 1.82) is 0 Å². The minimum absolute atomic E-state index is 0. The lowest BCUT2D eigenvalue weighted by Gasteiger charge is -2.11. The van der Waals surface area contributed by atoms with Crippen LogP contribution in [0.3, 0.4) is 0 Å². The van der Waals surface area contributed by atoms with Crippen LogP contribution in [0.15, 0.2) is 64.5 Å². The Morgan fingerprint density at radius 2 is 1.71 bits per heavy atom. The summed E-state index contributed by atoms with van der Waals surface area (Å²) >= 11 is 7.83. The average Bonchev–Trinajstić information content (AvgIpc) is 2.69. The third-order valence-corrected chi connectivity index (χ3v) is 4.88. The van der Waals surface area contributed by atoms with E-state index >= 15 is 0 Å². The highest BCUT2D eigenvalue weighted by Crippen LogP contribution is 2.15. The number of amides is 1. The first kappa shape index (κ1) is 24.6. The number of aliphatic imine (C=N–C) groups is 1. The third kappa shape index (κ3) is 9.16. The van der Waals surface area contributed by atoms with Gasteiger partial charge in [-0.2, -0.15) is 0 Å². The zero-order valence-electron chi connectivity index (χ0n) is 15.8. The Labute approximate surface area is 193 Å². The molecular weight excluding hydrogens is 507 g/mol. The summed E-state index contributed by atoms with van der Waals surface area (Å²) in [5.74, 6) is 1.50. The number of nitrogens with one attached hydrogen (secondary N) is 3. The predicted octanol–water partition coefficient (Wildman–Crippen LogP) is 4.04. The van der Waals surface area contributed by atoms with Crippen LogP contribution in [0.5, 0.6) is 0 Å². The number of halogens is 2. The molecular formula is C20H26ClIN4OS. The summed E-state index contributed by atoms with van der Waals surface area (Å²) < 4.78 is 0. The summed E-state index contributed by atoms with van der Waals surface area (Å²) in [6.45, 7) is 4.53. The summed E-state index contributed by atoms with van der Waals surface area (Å²) in [4.78, 5) is 17.8. The van der Waals surface area contributed by atoms with Crippen LogP contribution in [0.4, 0.5) is 0 Å². The normalized spacial score (nSPS) is 10.7. The van der Waals surface area contributed by atoms with Crippen molar-refractivity contribution in [1.82, 2.24) is 16.0 Å². The number of guanidine groups is 1. The number of thioether (sulfide) groups is 1. The second-order valence-corrected chi connectivity index (χ2v) is 7.16. The van der Waals surface area contributed by atoms with E-state index < -0.39 is 0 Å². The second kappa shape index (κ2) is 14.5. The van der Waals surface area contributed by atoms with Gasteiger partial charge in [-0.05, 0) is 31.2 Å². The van der Waals surface area contributed by atoms with E-state index in [0.29, 0.717) is 23.7 Å². The van der Waals surface area contributed by atoms with Gasteiger partial charge in [0.2, 0.25) is 0 Å². The molecule has 0 aliphatic carbocycles. The predicted molar refractivity (Wildman–Crippen MR) is 130 cm³/mol. The van der Waals surface area contributed by atoms with Gasteiger partial charge in [0.1, 0.15) is 0 Å². The molecule has 2 aromatic rings.